The normalized spacial score (nSPS) is 22.8. The number of carbonyl (C=O) groups excluding carboxylic acids is 1. The average molecular weight is 250 g/mol. The molecule has 1 fully saturated rings. The van der Waals surface area contributed by atoms with Crippen LogP contribution in [0.3, 0.4) is 0 Å². The third kappa shape index (κ3) is 3.08. The Kier molecular flexibility index (Phi) is 4.55. The molecule has 0 spiro atoms. The van der Waals surface area contributed by atoms with Crippen molar-refractivity contribution in [3.63, 3.8) is 0 Å². The minimum absolute atomic E-state index is 0.0177. The Morgan fingerprint density at radius 1 is 1.50 bits per heavy atom. The monoisotopic (exact) mass is 250 g/mol. The summed E-state index contributed by atoms with van der Waals surface area (Å²) < 4.78 is 31.2. The molecule has 94 valence electrons. The lowest BCUT2D eigenvalue weighted by Gasteiger charge is -2.33. The number of methoxy groups -OCH3 is 1. The minimum atomic E-state index is -3.75. The number of ether oxygens (including phenoxy) is 1. The molecule has 1 saturated heterocycles. The molecule has 0 aromatic heterocycles. The van der Waals surface area contributed by atoms with E-state index in [2.05, 4.69) is 4.74 Å². The van der Waals surface area contributed by atoms with Gasteiger partial charge in [-0.25, -0.2) is 9.52 Å². The third-order valence-corrected chi connectivity index (χ3v) is 4.27. The number of hydrogen-bond acceptors (Lipinski definition) is 4. The fourth-order valence-corrected chi connectivity index (χ4v) is 3.33. The Hall–Kier alpha value is -0.820. The molecule has 0 aromatic carbocycles. The maximum atomic E-state index is 11.8. The molecule has 0 saturated carbocycles. The van der Waals surface area contributed by atoms with E-state index in [1.54, 1.807) is 0 Å². The quantitative estimate of drug-likeness (QED) is 0.805. The van der Waals surface area contributed by atoms with Gasteiger partial charge in [-0.2, -0.15) is 12.7 Å². The van der Waals surface area contributed by atoms with E-state index in [1.165, 1.54) is 4.31 Å². The van der Waals surface area contributed by atoms with Gasteiger partial charge in [0.2, 0.25) is 0 Å². The average Bonchev–Trinajstić information content (AvgIpc) is 2.28. The topological polar surface area (TPSA) is 75.7 Å². The van der Waals surface area contributed by atoms with Crippen molar-refractivity contribution in [3.8, 4) is 0 Å². The molecule has 1 unspecified atom stereocenters. The van der Waals surface area contributed by atoms with E-state index in [0.29, 0.717) is 6.54 Å². The maximum Gasteiger partial charge on any atom is 0.421 e. The van der Waals surface area contributed by atoms with Gasteiger partial charge in [0, 0.05) is 12.6 Å². The Morgan fingerprint density at radius 3 is 2.75 bits per heavy atom. The number of rotatable bonds is 3. The van der Waals surface area contributed by atoms with E-state index >= 15 is 0 Å². The molecule has 1 aliphatic rings. The summed E-state index contributed by atoms with van der Waals surface area (Å²) >= 11 is 0. The van der Waals surface area contributed by atoms with Crippen molar-refractivity contribution in [3.05, 3.63) is 0 Å². The predicted octanol–water partition coefficient (Wildman–Crippen LogP) is 0.852. The van der Waals surface area contributed by atoms with Gasteiger partial charge in [0.05, 0.1) is 7.11 Å². The summed E-state index contributed by atoms with van der Waals surface area (Å²) in [5.41, 5.74) is 0. The number of hydrogen-bond donors (Lipinski definition) is 1. The van der Waals surface area contributed by atoms with Gasteiger partial charge in [-0.05, 0) is 19.3 Å². The first-order valence-corrected chi connectivity index (χ1v) is 6.82. The predicted molar refractivity (Wildman–Crippen MR) is 59.1 cm³/mol. The largest absolute Gasteiger partial charge is 0.452 e. The molecule has 16 heavy (non-hydrogen) atoms. The molecule has 6 nitrogen and oxygen atoms in total. The molecule has 0 bridgehead atoms. The summed E-state index contributed by atoms with van der Waals surface area (Å²) in [7, 11) is -2.61. The second-order valence-corrected chi connectivity index (χ2v) is 5.39. The van der Waals surface area contributed by atoms with E-state index in [9.17, 15) is 13.2 Å². The first-order chi connectivity index (χ1) is 7.51. The van der Waals surface area contributed by atoms with E-state index in [0.717, 1.165) is 32.8 Å². The van der Waals surface area contributed by atoms with Crippen molar-refractivity contribution in [2.45, 2.75) is 38.6 Å². The Morgan fingerprint density at radius 2 is 2.19 bits per heavy atom. The van der Waals surface area contributed by atoms with Crippen LogP contribution >= 0.6 is 0 Å². The second kappa shape index (κ2) is 5.49. The van der Waals surface area contributed by atoms with Crippen molar-refractivity contribution >= 4 is 16.3 Å². The first kappa shape index (κ1) is 13.2. The van der Waals surface area contributed by atoms with Crippen LogP contribution in [0.1, 0.15) is 32.6 Å². The Labute approximate surface area is 96.1 Å². The molecule has 1 amide bonds. The lowest BCUT2D eigenvalue weighted by atomic mass is 10.0. The number of carbonyl (C=O) groups is 1. The van der Waals surface area contributed by atoms with Crippen LogP contribution in [0.4, 0.5) is 4.79 Å². The fourth-order valence-electron chi connectivity index (χ4n) is 1.90. The third-order valence-electron chi connectivity index (χ3n) is 2.75. The molecule has 1 rings (SSSR count). The van der Waals surface area contributed by atoms with Crippen molar-refractivity contribution in [2.75, 3.05) is 13.7 Å². The molecule has 7 heteroatoms. The van der Waals surface area contributed by atoms with Crippen molar-refractivity contribution in [1.29, 1.82) is 0 Å². The molecule has 1 aliphatic heterocycles. The molecule has 1 N–H and O–H groups in total. The number of nitrogens with one attached hydrogen (secondary N) is 1. The number of nitrogens with zero attached hydrogens (tertiary/aromatic N) is 1. The summed E-state index contributed by atoms with van der Waals surface area (Å²) in [6.07, 6.45) is 2.52. The highest BCUT2D eigenvalue weighted by Crippen LogP contribution is 2.21. The van der Waals surface area contributed by atoms with Crippen LogP contribution in [0.5, 0.6) is 0 Å². The summed E-state index contributed by atoms with van der Waals surface area (Å²) in [5, 5.41) is 0. The van der Waals surface area contributed by atoms with Gasteiger partial charge in [0.15, 0.2) is 0 Å². The summed E-state index contributed by atoms with van der Waals surface area (Å²) in [5.74, 6) is 0. The zero-order valence-electron chi connectivity index (χ0n) is 9.60. The van der Waals surface area contributed by atoms with E-state index < -0.39 is 16.3 Å². The zero-order valence-corrected chi connectivity index (χ0v) is 10.4. The molecule has 1 atom stereocenters. The van der Waals surface area contributed by atoms with Crippen LogP contribution in [-0.2, 0) is 14.9 Å². The van der Waals surface area contributed by atoms with E-state index in [-0.39, 0.29) is 6.04 Å². The summed E-state index contributed by atoms with van der Waals surface area (Å²) in [6, 6.07) is -0.0177. The first-order valence-electron chi connectivity index (χ1n) is 5.38. The number of amides is 1. The van der Waals surface area contributed by atoms with Crippen LogP contribution < -0.4 is 4.72 Å². The Bertz CT molecular complexity index is 341. The van der Waals surface area contributed by atoms with Gasteiger partial charge >= 0.3 is 16.3 Å². The van der Waals surface area contributed by atoms with E-state index in [1.807, 2.05) is 11.6 Å². The van der Waals surface area contributed by atoms with Crippen molar-refractivity contribution < 1.29 is 17.9 Å². The van der Waals surface area contributed by atoms with Crippen molar-refractivity contribution in [1.82, 2.24) is 9.03 Å². The molecule has 0 aromatic rings. The Balaban J connectivity index is 2.76. The lowest BCUT2D eigenvalue weighted by Crippen LogP contribution is -2.50. The van der Waals surface area contributed by atoms with Gasteiger partial charge in [-0.15, -0.1) is 0 Å². The maximum absolute atomic E-state index is 11.8. The molecular weight excluding hydrogens is 232 g/mol. The van der Waals surface area contributed by atoms with Crippen molar-refractivity contribution in [2.24, 2.45) is 0 Å². The lowest BCUT2D eigenvalue weighted by molar-refractivity contribution is 0.175. The summed E-state index contributed by atoms with van der Waals surface area (Å²) in [4.78, 5) is 10.9. The van der Waals surface area contributed by atoms with Crippen LogP contribution in [0.25, 0.3) is 0 Å². The van der Waals surface area contributed by atoms with Crippen LogP contribution in [-0.4, -0.2) is 38.5 Å². The summed E-state index contributed by atoms with van der Waals surface area (Å²) in [6.45, 7) is 2.40. The molecule has 1 heterocycles. The highest BCUT2D eigenvalue weighted by molar-refractivity contribution is 7.87. The van der Waals surface area contributed by atoms with Gasteiger partial charge in [-0.3, -0.25) is 0 Å². The van der Waals surface area contributed by atoms with Gasteiger partial charge in [0.1, 0.15) is 0 Å². The smallest absolute Gasteiger partial charge is 0.421 e. The van der Waals surface area contributed by atoms with Gasteiger partial charge in [0.25, 0.3) is 0 Å². The second-order valence-electron chi connectivity index (χ2n) is 3.77. The minimum Gasteiger partial charge on any atom is -0.452 e. The fraction of sp³-hybridized carbons (Fsp3) is 0.889. The SMILES string of the molecule is CCC1CCCCN1S(=O)(=O)NC(=O)OC. The highest BCUT2D eigenvalue weighted by atomic mass is 32.2. The van der Waals surface area contributed by atoms with E-state index in [4.69, 9.17) is 0 Å². The molecule has 0 radical (unpaired) electrons. The van der Waals surface area contributed by atoms with Crippen LogP contribution in [0, 0.1) is 0 Å². The zero-order chi connectivity index (χ0) is 12.2. The van der Waals surface area contributed by atoms with Gasteiger partial charge in [-0.1, -0.05) is 13.3 Å². The molecular formula is C9H18N2O4S. The standard InChI is InChI=1S/C9H18N2O4S/c1-3-8-6-4-5-7-11(8)16(13,14)10-9(12)15-2/h8H,3-7H2,1-2H3,(H,10,12). The molecule has 0 aliphatic carbocycles. The highest BCUT2D eigenvalue weighted by Gasteiger charge is 2.32. The van der Waals surface area contributed by atoms with Crippen LogP contribution in [0.2, 0.25) is 0 Å². The van der Waals surface area contributed by atoms with Gasteiger partial charge < -0.3 is 4.74 Å². The van der Waals surface area contributed by atoms with Crippen LogP contribution in [0.15, 0.2) is 0 Å². The number of piperidine rings is 1.